The zero-order valence-electron chi connectivity index (χ0n) is 19.4. The number of ether oxygens (including phenoxy) is 1. The summed E-state index contributed by atoms with van der Waals surface area (Å²) in [4.78, 5) is 12.3. The van der Waals surface area contributed by atoms with Gasteiger partial charge in [-0.15, -0.1) is 0 Å². The van der Waals surface area contributed by atoms with Crippen molar-refractivity contribution in [1.82, 2.24) is 4.31 Å². The average molecular weight is 496 g/mol. The van der Waals surface area contributed by atoms with Crippen LogP contribution < -0.4 is 4.74 Å². The summed E-state index contributed by atoms with van der Waals surface area (Å²) >= 11 is 0. The number of rotatable bonds is 7. The fourth-order valence-electron chi connectivity index (χ4n) is 4.35. The van der Waals surface area contributed by atoms with Gasteiger partial charge >= 0.3 is 5.97 Å². The molecule has 0 aliphatic carbocycles. The van der Waals surface area contributed by atoms with Crippen LogP contribution in [0.1, 0.15) is 42.1 Å². The molecule has 0 aromatic heterocycles. The minimum Gasteiger partial charge on any atom is -0.494 e. The molecule has 0 unspecified atom stereocenters. The van der Waals surface area contributed by atoms with E-state index in [0.29, 0.717) is 17.9 Å². The Morgan fingerprint density at radius 2 is 1.74 bits per heavy atom. The number of benzene rings is 3. The summed E-state index contributed by atoms with van der Waals surface area (Å²) in [6.45, 7) is 4.21. The van der Waals surface area contributed by atoms with Crippen molar-refractivity contribution in [2.24, 2.45) is 0 Å². The van der Waals surface area contributed by atoms with Gasteiger partial charge in [0.25, 0.3) is 0 Å². The van der Waals surface area contributed by atoms with Crippen molar-refractivity contribution in [3.05, 3.63) is 107 Å². The SMILES string of the molecule is CCOc1ccc([C@@H]2CC=C(C(=O)O)[C@H](c3cccc(F)c3)N2S(=O)(=O)c2ccc(C)cc2)cc1. The van der Waals surface area contributed by atoms with E-state index < -0.39 is 33.9 Å². The zero-order valence-corrected chi connectivity index (χ0v) is 20.2. The van der Waals surface area contributed by atoms with Crippen LogP contribution in [0.4, 0.5) is 4.39 Å². The maximum Gasteiger partial charge on any atom is 0.333 e. The van der Waals surface area contributed by atoms with E-state index in [1.165, 1.54) is 40.7 Å². The summed E-state index contributed by atoms with van der Waals surface area (Å²) in [5, 5.41) is 9.98. The van der Waals surface area contributed by atoms with E-state index in [1.807, 2.05) is 13.8 Å². The molecule has 0 radical (unpaired) electrons. The molecule has 8 heteroatoms. The highest BCUT2D eigenvalue weighted by molar-refractivity contribution is 7.89. The molecule has 0 fully saturated rings. The van der Waals surface area contributed by atoms with Crippen LogP contribution in [0.3, 0.4) is 0 Å². The van der Waals surface area contributed by atoms with E-state index in [4.69, 9.17) is 4.74 Å². The maximum atomic E-state index is 14.2. The molecule has 4 rings (SSSR count). The van der Waals surface area contributed by atoms with Crippen molar-refractivity contribution in [2.75, 3.05) is 6.61 Å². The molecule has 0 spiro atoms. The highest BCUT2D eigenvalue weighted by atomic mass is 32.2. The number of aliphatic carboxylic acids is 1. The Kier molecular flexibility index (Phi) is 7.05. The number of halogens is 1. The first-order chi connectivity index (χ1) is 16.7. The normalized spacial score (nSPS) is 18.7. The molecule has 0 saturated carbocycles. The molecule has 0 amide bonds. The lowest BCUT2D eigenvalue weighted by molar-refractivity contribution is -0.133. The Balaban J connectivity index is 1.93. The highest BCUT2D eigenvalue weighted by Crippen LogP contribution is 2.46. The maximum absolute atomic E-state index is 14.2. The van der Waals surface area contributed by atoms with Crippen molar-refractivity contribution in [3.8, 4) is 5.75 Å². The third-order valence-electron chi connectivity index (χ3n) is 6.00. The standard InChI is InChI=1S/C27H26FNO5S/c1-3-34-22-11-9-19(10-12-22)25-16-15-24(27(30)31)26(20-5-4-6-21(28)17-20)29(25)35(32,33)23-13-7-18(2)8-14-23/h4-15,17,25-26H,3,16H2,1-2H3,(H,30,31)/t25-,26-/m0/s1. The zero-order chi connectivity index (χ0) is 25.2. The molecule has 3 aromatic carbocycles. The van der Waals surface area contributed by atoms with E-state index in [2.05, 4.69) is 0 Å². The number of hydrogen-bond acceptors (Lipinski definition) is 4. The van der Waals surface area contributed by atoms with Crippen LogP contribution in [-0.2, 0) is 14.8 Å². The summed E-state index contributed by atoms with van der Waals surface area (Å²) in [5.74, 6) is -1.19. The third-order valence-corrected chi connectivity index (χ3v) is 7.89. The lowest BCUT2D eigenvalue weighted by Crippen LogP contribution is -2.42. The van der Waals surface area contributed by atoms with Gasteiger partial charge in [-0.3, -0.25) is 0 Å². The second kappa shape index (κ2) is 10.0. The van der Waals surface area contributed by atoms with Crippen LogP contribution >= 0.6 is 0 Å². The van der Waals surface area contributed by atoms with Crippen molar-refractivity contribution in [2.45, 2.75) is 37.2 Å². The lowest BCUT2D eigenvalue weighted by Gasteiger charge is -2.40. The van der Waals surface area contributed by atoms with E-state index in [9.17, 15) is 22.7 Å². The van der Waals surface area contributed by atoms with Gasteiger partial charge in [0.05, 0.1) is 29.2 Å². The molecular weight excluding hydrogens is 469 g/mol. The van der Waals surface area contributed by atoms with Gasteiger partial charge in [-0.05, 0) is 67.8 Å². The Labute approximate surface area is 204 Å². The minimum atomic E-state index is -4.20. The lowest BCUT2D eigenvalue weighted by atomic mass is 9.89. The molecule has 1 aliphatic heterocycles. The Morgan fingerprint density at radius 3 is 2.34 bits per heavy atom. The Morgan fingerprint density at radius 1 is 1.06 bits per heavy atom. The molecule has 0 bridgehead atoms. The second-order valence-electron chi connectivity index (χ2n) is 8.32. The Bertz CT molecular complexity index is 1350. The van der Waals surface area contributed by atoms with E-state index in [1.54, 1.807) is 42.5 Å². The predicted molar refractivity (Wildman–Crippen MR) is 130 cm³/mol. The topological polar surface area (TPSA) is 83.9 Å². The molecule has 35 heavy (non-hydrogen) atoms. The number of carboxylic acids is 1. The molecule has 2 atom stereocenters. The first-order valence-corrected chi connectivity index (χ1v) is 12.7. The number of hydrogen-bond donors (Lipinski definition) is 1. The summed E-state index contributed by atoms with van der Waals surface area (Å²) in [5.41, 5.74) is 1.68. The predicted octanol–water partition coefficient (Wildman–Crippen LogP) is 5.42. The number of carbonyl (C=O) groups is 1. The van der Waals surface area contributed by atoms with Gasteiger partial charge in [-0.2, -0.15) is 4.31 Å². The number of aryl methyl sites for hydroxylation is 1. The molecule has 1 N–H and O–H groups in total. The highest BCUT2D eigenvalue weighted by Gasteiger charge is 2.44. The van der Waals surface area contributed by atoms with Gasteiger partial charge in [0.2, 0.25) is 10.0 Å². The van der Waals surface area contributed by atoms with E-state index in [0.717, 1.165) is 5.56 Å². The summed E-state index contributed by atoms with van der Waals surface area (Å²) in [6, 6.07) is 16.9. The van der Waals surface area contributed by atoms with E-state index in [-0.39, 0.29) is 22.5 Å². The molecule has 1 heterocycles. The van der Waals surface area contributed by atoms with Gasteiger partial charge in [-0.25, -0.2) is 17.6 Å². The summed E-state index contributed by atoms with van der Waals surface area (Å²) in [7, 11) is -4.20. The molecule has 3 aromatic rings. The molecular formula is C27H26FNO5S. The van der Waals surface area contributed by atoms with Crippen molar-refractivity contribution in [3.63, 3.8) is 0 Å². The monoisotopic (exact) mass is 495 g/mol. The molecule has 182 valence electrons. The van der Waals surface area contributed by atoms with Crippen LogP contribution in [0.2, 0.25) is 0 Å². The van der Waals surface area contributed by atoms with Crippen LogP contribution in [-0.4, -0.2) is 30.4 Å². The molecule has 1 aliphatic rings. The van der Waals surface area contributed by atoms with Gasteiger partial charge in [0.1, 0.15) is 11.6 Å². The smallest absolute Gasteiger partial charge is 0.333 e. The van der Waals surface area contributed by atoms with Crippen LogP contribution in [0, 0.1) is 12.7 Å². The number of sulfonamides is 1. The first-order valence-electron chi connectivity index (χ1n) is 11.2. The first kappa shape index (κ1) is 24.6. The van der Waals surface area contributed by atoms with E-state index >= 15 is 0 Å². The third kappa shape index (κ3) is 4.99. The van der Waals surface area contributed by atoms with Gasteiger partial charge < -0.3 is 9.84 Å². The largest absolute Gasteiger partial charge is 0.494 e. The summed E-state index contributed by atoms with van der Waals surface area (Å²) < 4.78 is 49.1. The average Bonchev–Trinajstić information content (AvgIpc) is 2.84. The number of nitrogens with zero attached hydrogens (tertiary/aromatic N) is 1. The second-order valence-corrected chi connectivity index (χ2v) is 10.2. The van der Waals surface area contributed by atoms with Crippen LogP contribution in [0.25, 0.3) is 0 Å². The van der Waals surface area contributed by atoms with Gasteiger partial charge in [-0.1, -0.05) is 48.0 Å². The van der Waals surface area contributed by atoms with Crippen molar-refractivity contribution >= 4 is 16.0 Å². The van der Waals surface area contributed by atoms with Crippen LogP contribution in [0.5, 0.6) is 5.75 Å². The van der Waals surface area contributed by atoms with Gasteiger partial charge in [0, 0.05) is 0 Å². The van der Waals surface area contributed by atoms with Crippen molar-refractivity contribution in [1.29, 1.82) is 0 Å². The van der Waals surface area contributed by atoms with Gasteiger partial charge in [0.15, 0.2) is 0 Å². The van der Waals surface area contributed by atoms with Crippen molar-refractivity contribution < 1.29 is 27.4 Å². The Hall–Kier alpha value is -3.49. The quantitative estimate of drug-likeness (QED) is 0.473. The minimum absolute atomic E-state index is 0.0343. The summed E-state index contributed by atoms with van der Waals surface area (Å²) in [6.07, 6.45) is 1.67. The molecule has 6 nitrogen and oxygen atoms in total. The number of carboxylic acid groups (broad SMARTS) is 1. The molecule has 0 saturated heterocycles. The van der Waals surface area contributed by atoms with Crippen LogP contribution in [0.15, 0.2) is 89.3 Å². The fourth-order valence-corrected chi connectivity index (χ4v) is 6.13. The fraction of sp³-hybridized carbons (Fsp3) is 0.222.